The van der Waals surface area contributed by atoms with E-state index >= 15 is 0 Å². The van der Waals surface area contributed by atoms with Gasteiger partial charge >= 0.3 is 23.9 Å². The Morgan fingerprint density at radius 1 is 0.452 bits per heavy atom. The van der Waals surface area contributed by atoms with E-state index in [0.29, 0.717) is 39.0 Å². The molecule has 0 aliphatic heterocycles. The van der Waals surface area contributed by atoms with Gasteiger partial charge in [0.05, 0.1) is 19.1 Å². The number of nitrogens with zero attached hydrogens (tertiary/aromatic N) is 1. The van der Waals surface area contributed by atoms with E-state index in [4.69, 9.17) is 18.9 Å². The van der Waals surface area contributed by atoms with Crippen molar-refractivity contribution < 1.29 is 43.2 Å². The van der Waals surface area contributed by atoms with Crippen molar-refractivity contribution in [2.24, 2.45) is 5.92 Å². The molecular formula is C52H99NO9. The molecule has 0 fully saturated rings. The summed E-state index contributed by atoms with van der Waals surface area (Å²) in [5, 5.41) is 9.38. The highest BCUT2D eigenvalue weighted by Crippen LogP contribution is 2.22. The predicted octanol–water partition coefficient (Wildman–Crippen LogP) is 13.2. The summed E-state index contributed by atoms with van der Waals surface area (Å²) < 4.78 is 22.9. The molecule has 0 saturated heterocycles. The molecule has 0 spiro atoms. The molecule has 366 valence electrons. The van der Waals surface area contributed by atoms with Gasteiger partial charge in [-0.25, -0.2) is 0 Å². The summed E-state index contributed by atoms with van der Waals surface area (Å²) in [6.45, 7) is 10.00. The predicted molar refractivity (Wildman–Crippen MR) is 254 cm³/mol. The Kier molecular flexibility index (Phi) is 43.8. The zero-order valence-electron chi connectivity index (χ0n) is 41.2. The minimum Gasteiger partial charge on any atom is -0.465 e. The van der Waals surface area contributed by atoms with Crippen LogP contribution in [0.1, 0.15) is 252 Å². The van der Waals surface area contributed by atoms with Crippen molar-refractivity contribution in [2.75, 3.05) is 40.0 Å². The van der Waals surface area contributed by atoms with Crippen LogP contribution in [0, 0.1) is 5.92 Å². The number of esters is 4. The van der Waals surface area contributed by atoms with E-state index in [1.165, 1.54) is 103 Å². The number of aliphatic hydroxyl groups is 1. The van der Waals surface area contributed by atoms with Crippen molar-refractivity contribution >= 4 is 23.9 Å². The minimum absolute atomic E-state index is 0.00705. The fourth-order valence-corrected chi connectivity index (χ4v) is 7.97. The Balaban J connectivity index is 4.49. The molecule has 0 amide bonds. The first kappa shape index (κ1) is 59.8. The molecule has 62 heavy (non-hydrogen) atoms. The summed E-state index contributed by atoms with van der Waals surface area (Å²) in [6, 6.07) is 0. The summed E-state index contributed by atoms with van der Waals surface area (Å²) in [5.41, 5.74) is 0. The molecule has 0 saturated carbocycles. The van der Waals surface area contributed by atoms with Gasteiger partial charge in [-0.2, -0.15) is 0 Å². The molecule has 1 N–H and O–H groups in total. The fourth-order valence-electron chi connectivity index (χ4n) is 7.97. The lowest BCUT2D eigenvalue weighted by atomic mass is 9.94. The van der Waals surface area contributed by atoms with Crippen LogP contribution in [0.2, 0.25) is 0 Å². The monoisotopic (exact) mass is 882 g/mol. The molecule has 0 radical (unpaired) electrons. The van der Waals surface area contributed by atoms with E-state index in [1.54, 1.807) is 0 Å². The standard InChI is InChI=1S/C52H99NO9/c1-6-10-14-18-20-27-35-46(34-26-16-12-8-3)52(58)59-43-33-25-24-32-40-51(57)62-48(44-53(5)41-42-54)45-60-49(55)38-30-22-23-31-39-50(56)61-47(36-28-17-13-9-4)37-29-21-19-15-11-7-2/h46-48,54H,6-45H2,1-5H3. The number of unbranched alkanes of at least 4 members (excludes halogenated alkanes) is 22. The first-order valence-electron chi connectivity index (χ1n) is 26.2. The van der Waals surface area contributed by atoms with Gasteiger partial charge < -0.3 is 29.0 Å². The third-order valence-corrected chi connectivity index (χ3v) is 12.0. The van der Waals surface area contributed by atoms with Gasteiger partial charge in [-0.15, -0.1) is 0 Å². The smallest absolute Gasteiger partial charge is 0.308 e. The summed E-state index contributed by atoms with van der Waals surface area (Å²) >= 11 is 0. The van der Waals surface area contributed by atoms with Crippen molar-refractivity contribution in [3.63, 3.8) is 0 Å². The van der Waals surface area contributed by atoms with Crippen LogP contribution in [0.5, 0.6) is 0 Å². The number of carbonyl (C=O) groups excluding carboxylic acids is 4. The number of aliphatic hydroxyl groups excluding tert-OH is 1. The lowest BCUT2D eigenvalue weighted by molar-refractivity contribution is -0.160. The minimum atomic E-state index is -0.629. The van der Waals surface area contributed by atoms with Crippen LogP contribution in [0.3, 0.4) is 0 Å². The highest BCUT2D eigenvalue weighted by atomic mass is 16.6. The van der Waals surface area contributed by atoms with E-state index in [0.717, 1.165) is 89.9 Å². The Bertz CT molecular complexity index is 1040. The first-order valence-corrected chi connectivity index (χ1v) is 26.2. The summed E-state index contributed by atoms with van der Waals surface area (Å²) in [4.78, 5) is 52.9. The average Bonchev–Trinajstić information content (AvgIpc) is 3.25. The van der Waals surface area contributed by atoms with Gasteiger partial charge in [-0.3, -0.25) is 19.2 Å². The van der Waals surface area contributed by atoms with Crippen molar-refractivity contribution in [1.29, 1.82) is 0 Å². The third-order valence-electron chi connectivity index (χ3n) is 12.0. The maximum atomic E-state index is 12.9. The van der Waals surface area contributed by atoms with Gasteiger partial charge in [0, 0.05) is 32.4 Å². The van der Waals surface area contributed by atoms with Crippen LogP contribution < -0.4 is 0 Å². The van der Waals surface area contributed by atoms with Gasteiger partial charge in [-0.1, -0.05) is 169 Å². The molecule has 10 nitrogen and oxygen atoms in total. The molecule has 0 aliphatic rings. The Hall–Kier alpha value is -2.20. The molecule has 0 heterocycles. The second kappa shape index (κ2) is 45.4. The molecule has 0 aliphatic carbocycles. The molecule has 0 aromatic carbocycles. The van der Waals surface area contributed by atoms with Crippen molar-refractivity contribution in [3.05, 3.63) is 0 Å². The van der Waals surface area contributed by atoms with Gasteiger partial charge in [0.15, 0.2) is 0 Å². The van der Waals surface area contributed by atoms with E-state index in [9.17, 15) is 24.3 Å². The second-order valence-corrected chi connectivity index (χ2v) is 18.1. The third kappa shape index (κ3) is 39.4. The molecule has 0 aromatic heterocycles. The van der Waals surface area contributed by atoms with Gasteiger partial charge in [0.25, 0.3) is 0 Å². The van der Waals surface area contributed by atoms with Gasteiger partial charge in [-0.05, 0) is 71.3 Å². The summed E-state index contributed by atoms with van der Waals surface area (Å²) in [6.07, 6.45) is 34.5. The lowest BCUT2D eigenvalue weighted by Gasteiger charge is -2.23. The molecule has 0 bridgehead atoms. The Morgan fingerprint density at radius 3 is 1.32 bits per heavy atom. The van der Waals surface area contributed by atoms with Gasteiger partial charge in [0.1, 0.15) is 18.8 Å². The lowest BCUT2D eigenvalue weighted by Crippen LogP contribution is -2.37. The summed E-state index contributed by atoms with van der Waals surface area (Å²) in [5.74, 6) is -0.801. The molecule has 10 heteroatoms. The van der Waals surface area contributed by atoms with E-state index in [1.807, 2.05) is 11.9 Å². The quantitative estimate of drug-likeness (QED) is 0.0358. The number of likely N-dealkylation sites (N-methyl/N-ethyl adjacent to an activating group) is 1. The largest absolute Gasteiger partial charge is 0.465 e. The molecule has 3 unspecified atom stereocenters. The maximum Gasteiger partial charge on any atom is 0.308 e. The maximum absolute atomic E-state index is 12.9. The van der Waals surface area contributed by atoms with Crippen molar-refractivity contribution in [2.45, 2.75) is 265 Å². The zero-order chi connectivity index (χ0) is 45.7. The van der Waals surface area contributed by atoms with Crippen LogP contribution in [-0.2, 0) is 38.1 Å². The van der Waals surface area contributed by atoms with Crippen molar-refractivity contribution in [1.82, 2.24) is 4.90 Å². The zero-order valence-corrected chi connectivity index (χ0v) is 41.2. The second-order valence-electron chi connectivity index (χ2n) is 18.1. The van der Waals surface area contributed by atoms with Crippen LogP contribution in [-0.4, -0.2) is 86.0 Å². The van der Waals surface area contributed by atoms with Crippen LogP contribution in [0.25, 0.3) is 0 Å². The highest BCUT2D eigenvalue weighted by molar-refractivity contribution is 5.72. The number of carbonyl (C=O) groups is 4. The molecule has 0 rings (SSSR count). The van der Waals surface area contributed by atoms with Crippen LogP contribution >= 0.6 is 0 Å². The van der Waals surface area contributed by atoms with E-state index in [-0.39, 0.29) is 62.0 Å². The first-order chi connectivity index (χ1) is 30.2. The molecule has 3 atom stereocenters. The molecule has 0 aromatic rings. The van der Waals surface area contributed by atoms with Crippen molar-refractivity contribution in [3.8, 4) is 0 Å². The summed E-state index contributed by atoms with van der Waals surface area (Å²) in [7, 11) is 1.83. The molecular weight excluding hydrogens is 783 g/mol. The van der Waals surface area contributed by atoms with Crippen LogP contribution in [0.15, 0.2) is 0 Å². The normalized spacial score (nSPS) is 12.9. The topological polar surface area (TPSA) is 129 Å². The number of ether oxygens (including phenoxy) is 4. The Labute approximate surface area is 381 Å². The average molecular weight is 882 g/mol. The number of hydrogen-bond donors (Lipinski definition) is 1. The van der Waals surface area contributed by atoms with E-state index in [2.05, 4.69) is 27.7 Å². The Morgan fingerprint density at radius 2 is 0.839 bits per heavy atom. The SMILES string of the molecule is CCCCCCCCC(CCCCCC)OC(=O)CCCCCCC(=O)OCC(CN(C)CCO)OC(=O)CCCCCCOC(=O)C(CCCCCC)CCCCCCCC. The fraction of sp³-hybridized carbons (Fsp3) is 0.923. The highest BCUT2D eigenvalue weighted by Gasteiger charge is 2.21. The number of rotatable bonds is 47. The van der Waals surface area contributed by atoms with Gasteiger partial charge in [0.2, 0.25) is 0 Å². The number of hydrogen-bond acceptors (Lipinski definition) is 10. The van der Waals surface area contributed by atoms with Crippen LogP contribution in [0.4, 0.5) is 0 Å². The van der Waals surface area contributed by atoms with E-state index < -0.39 is 6.10 Å².